The van der Waals surface area contributed by atoms with E-state index < -0.39 is 0 Å². The van der Waals surface area contributed by atoms with Gasteiger partial charge in [-0.1, -0.05) is 24.3 Å². The van der Waals surface area contributed by atoms with Crippen molar-refractivity contribution in [1.82, 2.24) is 10.3 Å². The zero-order valence-corrected chi connectivity index (χ0v) is 14.0. The second-order valence-corrected chi connectivity index (χ2v) is 6.71. The molecule has 0 spiro atoms. The minimum absolute atomic E-state index is 0.0207. The lowest BCUT2D eigenvalue weighted by molar-refractivity contribution is -0.121. The van der Waals surface area contributed by atoms with E-state index in [4.69, 9.17) is 0 Å². The van der Waals surface area contributed by atoms with E-state index in [1.165, 1.54) is 11.5 Å². The van der Waals surface area contributed by atoms with E-state index in [-0.39, 0.29) is 17.8 Å². The zero-order chi connectivity index (χ0) is 17.2. The molecule has 128 valence electrons. The molecule has 3 nitrogen and oxygen atoms in total. The maximum atomic E-state index is 13.6. The fraction of sp³-hybridized carbons (Fsp3) is 0.286. The Hall–Kier alpha value is -2.62. The highest BCUT2D eigenvalue weighted by molar-refractivity contribution is 5.84. The molecule has 0 fully saturated rings. The lowest BCUT2D eigenvalue weighted by Crippen LogP contribution is -2.31. The summed E-state index contributed by atoms with van der Waals surface area (Å²) in [5, 5.41) is 4.26. The summed E-state index contributed by atoms with van der Waals surface area (Å²) in [4.78, 5) is 15.7. The number of rotatable bonds is 4. The smallest absolute Gasteiger partial charge is 0.220 e. The number of amides is 1. The van der Waals surface area contributed by atoms with Crippen LogP contribution in [-0.2, 0) is 17.6 Å². The number of nitrogens with one attached hydrogen (secondary N) is 2. The Kier molecular flexibility index (Phi) is 4.26. The Morgan fingerprint density at radius 2 is 2.12 bits per heavy atom. The number of benzene rings is 2. The number of aromatic amines is 1. The van der Waals surface area contributed by atoms with Crippen LogP contribution in [0.15, 0.2) is 48.7 Å². The molecule has 0 radical (unpaired) electrons. The Labute approximate surface area is 146 Å². The first kappa shape index (κ1) is 15.9. The Bertz CT molecular complexity index is 915. The molecule has 1 aliphatic carbocycles. The molecule has 0 aliphatic heterocycles. The molecule has 1 amide bonds. The van der Waals surface area contributed by atoms with Gasteiger partial charge in [-0.05, 0) is 60.6 Å². The molecule has 0 saturated carbocycles. The second-order valence-electron chi connectivity index (χ2n) is 6.71. The van der Waals surface area contributed by atoms with Gasteiger partial charge in [-0.2, -0.15) is 0 Å². The fourth-order valence-corrected chi connectivity index (χ4v) is 3.77. The molecule has 2 N–H and O–H groups in total. The van der Waals surface area contributed by atoms with Crippen molar-refractivity contribution in [1.29, 1.82) is 0 Å². The van der Waals surface area contributed by atoms with Crippen molar-refractivity contribution in [2.24, 2.45) is 0 Å². The van der Waals surface area contributed by atoms with Gasteiger partial charge in [0.05, 0.1) is 6.04 Å². The second kappa shape index (κ2) is 6.71. The third kappa shape index (κ3) is 3.29. The maximum absolute atomic E-state index is 13.6. The van der Waals surface area contributed by atoms with Crippen molar-refractivity contribution in [3.63, 3.8) is 0 Å². The van der Waals surface area contributed by atoms with Crippen molar-refractivity contribution in [2.75, 3.05) is 0 Å². The van der Waals surface area contributed by atoms with Crippen molar-refractivity contribution in [3.05, 3.63) is 71.2 Å². The molecule has 3 aromatic rings. The van der Waals surface area contributed by atoms with E-state index in [0.717, 1.165) is 41.5 Å². The van der Waals surface area contributed by atoms with Crippen molar-refractivity contribution in [3.8, 4) is 0 Å². The highest BCUT2D eigenvalue weighted by Crippen LogP contribution is 2.30. The van der Waals surface area contributed by atoms with Crippen LogP contribution in [0.1, 0.15) is 42.0 Å². The quantitative estimate of drug-likeness (QED) is 0.727. The number of halogens is 1. The van der Waals surface area contributed by atoms with Crippen LogP contribution in [0.4, 0.5) is 4.39 Å². The van der Waals surface area contributed by atoms with Crippen molar-refractivity contribution >= 4 is 16.8 Å². The van der Waals surface area contributed by atoms with E-state index >= 15 is 0 Å². The van der Waals surface area contributed by atoms with E-state index in [1.807, 2.05) is 30.5 Å². The van der Waals surface area contributed by atoms with Crippen LogP contribution in [-0.4, -0.2) is 10.9 Å². The van der Waals surface area contributed by atoms with Crippen molar-refractivity contribution in [2.45, 2.75) is 38.1 Å². The summed E-state index contributed by atoms with van der Waals surface area (Å²) < 4.78 is 13.6. The van der Waals surface area contributed by atoms with Gasteiger partial charge in [0.15, 0.2) is 0 Å². The molecule has 4 heteroatoms. The molecule has 4 rings (SSSR count). The number of fused-ring (bicyclic) bond motifs is 2. The number of carbonyl (C=O) groups is 1. The average molecular weight is 336 g/mol. The van der Waals surface area contributed by atoms with Gasteiger partial charge in [-0.3, -0.25) is 4.79 Å². The predicted molar refractivity (Wildman–Crippen MR) is 96.8 cm³/mol. The molecule has 25 heavy (non-hydrogen) atoms. The molecule has 1 aromatic heterocycles. The van der Waals surface area contributed by atoms with E-state index in [9.17, 15) is 9.18 Å². The number of hydrogen-bond donors (Lipinski definition) is 2. The number of carbonyl (C=O) groups excluding carboxylic acids is 1. The normalized spacial score (nSPS) is 16.6. The van der Waals surface area contributed by atoms with Gasteiger partial charge in [0.25, 0.3) is 0 Å². The number of aromatic nitrogens is 1. The summed E-state index contributed by atoms with van der Waals surface area (Å²) in [6.45, 7) is 0. The molecular weight excluding hydrogens is 315 g/mol. The van der Waals surface area contributed by atoms with Gasteiger partial charge < -0.3 is 10.3 Å². The first-order valence-corrected chi connectivity index (χ1v) is 8.83. The van der Waals surface area contributed by atoms with Crippen LogP contribution < -0.4 is 5.32 Å². The summed E-state index contributed by atoms with van der Waals surface area (Å²) in [6.07, 6.45) is 5.95. The molecule has 1 atom stereocenters. The fourth-order valence-electron chi connectivity index (χ4n) is 3.77. The zero-order valence-electron chi connectivity index (χ0n) is 14.0. The van der Waals surface area contributed by atoms with Crippen molar-refractivity contribution < 1.29 is 9.18 Å². The van der Waals surface area contributed by atoms with Crippen LogP contribution in [0.5, 0.6) is 0 Å². The topological polar surface area (TPSA) is 44.9 Å². The Morgan fingerprint density at radius 1 is 1.24 bits per heavy atom. The Balaban J connectivity index is 1.42. The van der Waals surface area contributed by atoms with E-state index in [0.29, 0.717) is 12.8 Å². The first-order chi connectivity index (χ1) is 12.2. The predicted octanol–water partition coefficient (Wildman–Crippen LogP) is 4.43. The maximum Gasteiger partial charge on any atom is 0.220 e. The minimum Gasteiger partial charge on any atom is -0.361 e. The summed E-state index contributed by atoms with van der Waals surface area (Å²) in [7, 11) is 0. The minimum atomic E-state index is -0.237. The van der Waals surface area contributed by atoms with Gasteiger partial charge in [-0.15, -0.1) is 0 Å². The van der Waals surface area contributed by atoms with Crippen LogP contribution in [0.3, 0.4) is 0 Å². The summed E-state index contributed by atoms with van der Waals surface area (Å²) >= 11 is 0. The largest absolute Gasteiger partial charge is 0.361 e. The summed E-state index contributed by atoms with van der Waals surface area (Å²) in [5.41, 5.74) is 4.33. The van der Waals surface area contributed by atoms with Gasteiger partial charge in [0.2, 0.25) is 5.91 Å². The number of hydrogen-bond acceptors (Lipinski definition) is 1. The molecule has 2 aromatic carbocycles. The van der Waals surface area contributed by atoms with Crippen LogP contribution in [0.2, 0.25) is 0 Å². The highest BCUT2D eigenvalue weighted by atomic mass is 19.1. The monoisotopic (exact) mass is 336 g/mol. The van der Waals surface area contributed by atoms with Crippen LogP contribution in [0.25, 0.3) is 10.9 Å². The molecule has 0 unspecified atom stereocenters. The molecule has 0 bridgehead atoms. The molecule has 0 saturated heterocycles. The van der Waals surface area contributed by atoms with Crippen LogP contribution >= 0.6 is 0 Å². The number of aryl methyl sites for hydroxylation is 2. The van der Waals surface area contributed by atoms with E-state index in [1.54, 1.807) is 6.07 Å². The van der Waals surface area contributed by atoms with Gasteiger partial charge in [0.1, 0.15) is 5.82 Å². The molecule has 1 aliphatic rings. The van der Waals surface area contributed by atoms with Gasteiger partial charge in [-0.25, -0.2) is 4.39 Å². The summed E-state index contributed by atoms with van der Waals surface area (Å²) in [6, 6.07) is 12.9. The average Bonchev–Trinajstić information content (AvgIpc) is 3.04. The lowest BCUT2D eigenvalue weighted by Gasteiger charge is -2.26. The highest BCUT2D eigenvalue weighted by Gasteiger charge is 2.22. The third-order valence-electron chi connectivity index (χ3n) is 5.05. The first-order valence-electron chi connectivity index (χ1n) is 8.83. The third-order valence-corrected chi connectivity index (χ3v) is 5.05. The molecular formula is C21H21FN2O. The standard InChI is InChI=1S/C21H21FN2O/c22-16-10-8-14-4-3-7-20(18(14)12-16)24-21(25)11-9-15-13-23-19-6-2-1-5-17(15)19/h1-2,5-6,8,10,12-13,20,23H,3-4,7,9,11H2,(H,24,25)/t20-/m1/s1. The van der Waals surface area contributed by atoms with Gasteiger partial charge in [0, 0.05) is 23.5 Å². The number of H-pyrrole nitrogens is 1. The lowest BCUT2D eigenvalue weighted by atomic mass is 9.87. The van der Waals surface area contributed by atoms with Gasteiger partial charge >= 0.3 is 0 Å². The van der Waals surface area contributed by atoms with Crippen LogP contribution in [0, 0.1) is 5.82 Å². The SMILES string of the molecule is O=C(CCc1c[nH]c2ccccc12)N[C@@H]1CCCc2ccc(F)cc21. The Morgan fingerprint density at radius 3 is 3.04 bits per heavy atom. The summed E-state index contributed by atoms with van der Waals surface area (Å²) in [5.74, 6) is -0.217. The molecule has 1 heterocycles. The van der Waals surface area contributed by atoms with E-state index in [2.05, 4.69) is 16.4 Å². The number of para-hydroxylation sites is 1.